The molecule has 1 saturated heterocycles. The normalized spacial score (nSPS) is 22.9. The fourth-order valence-electron chi connectivity index (χ4n) is 2.26. The number of hydrogen-bond acceptors (Lipinski definition) is 3. The highest BCUT2D eigenvalue weighted by Gasteiger charge is 2.22. The second-order valence-corrected chi connectivity index (χ2v) is 7.05. The standard InChI is InChI=1S/C12H25N3O2S/c16-18(17,15-10-3-1-2-4-11-15)14-9-5-8-13-12-6-7-12/h12-14H,1-11H2. The molecule has 2 rings (SSSR count). The van der Waals surface area contributed by atoms with Gasteiger partial charge in [-0.3, -0.25) is 0 Å². The monoisotopic (exact) mass is 275 g/mol. The van der Waals surface area contributed by atoms with Crippen LogP contribution in [0.2, 0.25) is 0 Å². The van der Waals surface area contributed by atoms with E-state index in [1.54, 1.807) is 4.31 Å². The molecule has 1 aliphatic heterocycles. The molecule has 1 heterocycles. The first-order chi connectivity index (χ1) is 8.68. The summed E-state index contributed by atoms with van der Waals surface area (Å²) in [5.74, 6) is 0. The van der Waals surface area contributed by atoms with Crippen LogP contribution >= 0.6 is 0 Å². The smallest absolute Gasteiger partial charge is 0.279 e. The SMILES string of the molecule is O=S(=O)(NCCCNC1CC1)N1CCCCCC1. The zero-order chi connectivity index (χ0) is 12.8. The van der Waals surface area contributed by atoms with E-state index in [9.17, 15) is 8.42 Å². The Bertz CT molecular complexity index is 333. The summed E-state index contributed by atoms with van der Waals surface area (Å²) < 4.78 is 28.4. The minimum absolute atomic E-state index is 0.540. The number of rotatable bonds is 7. The van der Waals surface area contributed by atoms with Crippen LogP contribution in [-0.2, 0) is 10.2 Å². The van der Waals surface area contributed by atoms with Gasteiger partial charge >= 0.3 is 0 Å². The van der Waals surface area contributed by atoms with Crippen LogP contribution in [0, 0.1) is 0 Å². The van der Waals surface area contributed by atoms with E-state index in [4.69, 9.17) is 0 Å². The van der Waals surface area contributed by atoms with Gasteiger partial charge < -0.3 is 5.32 Å². The molecule has 106 valence electrons. The van der Waals surface area contributed by atoms with E-state index >= 15 is 0 Å². The molecule has 2 aliphatic rings. The van der Waals surface area contributed by atoms with Gasteiger partial charge in [-0.1, -0.05) is 12.8 Å². The Hall–Kier alpha value is -0.170. The maximum Gasteiger partial charge on any atom is 0.279 e. The van der Waals surface area contributed by atoms with E-state index in [2.05, 4.69) is 10.0 Å². The molecule has 2 N–H and O–H groups in total. The fraction of sp³-hybridized carbons (Fsp3) is 1.00. The topological polar surface area (TPSA) is 61.4 Å². The Labute approximate surface area is 110 Å². The molecular weight excluding hydrogens is 250 g/mol. The third-order valence-electron chi connectivity index (χ3n) is 3.55. The van der Waals surface area contributed by atoms with Crippen LogP contribution in [0.15, 0.2) is 0 Å². The third kappa shape index (κ3) is 4.84. The minimum atomic E-state index is -3.24. The predicted octanol–water partition coefficient (Wildman–Crippen LogP) is 0.839. The molecule has 1 aliphatic carbocycles. The number of nitrogens with zero attached hydrogens (tertiary/aromatic N) is 1. The predicted molar refractivity (Wildman–Crippen MR) is 72.6 cm³/mol. The van der Waals surface area contributed by atoms with E-state index in [0.29, 0.717) is 25.7 Å². The van der Waals surface area contributed by atoms with Crippen molar-refractivity contribution in [1.29, 1.82) is 0 Å². The Morgan fingerprint density at radius 3 is 2.28 bits per heavy atom. The highest BCUT2D eigenvalue weighted by Crippen LogP contribution is 2.18. The molecule has 0 unspecified atom stereocenters. The molecular formula is C12H25N3O2S. The summed E-state index contributed by atoms with van der Waals surface area (Å²) in [6, 6.07) is 0.701. The Morgan fingerprint density at radius 1 is 1.00 bits per heavy atom. The average Bonchev–Trinajstić information content (AvgIpc) is 3.15. The van der Waals surface area contributed by atoms with Crippen LogP contribution in [0.1, 0.15) is 44.9 Å². The van der Waals surface area contributed by atoms with Crippen LogP contribution in [0.5, 0.6) is 0 Å². The van der Waals surface area contributed by atoms with Gasteiger partial charge in [0, 0.05) is 25.7 Å². The first-order valence-corrected chi connectivity index (χ1v) is 8.60. The summed E-state index contributed by atoms with van der Waals surface area (Å²) in [6.45, 7) is 2.80. The molecule has 0 aromatic heterocycles. The van der Waals surface area contributed by atoms with E-state index in [0.717, 1.165) is 38.6 Å². The lowest BCUT2D eigenvalue weighted by Crippen LogP contribution is -2.42. The Morgan fingerprint density at radius 2 is 1.67 bits per heavy atom. The van der Waals surface area contributed by atoms with E-state index in [1.807, 2.05) is 0 Å². The van der Waals surface area contributed by atoms with Crippen LogP contribution in [0.25, 0.3) is 0 Å². The molecule has 0 spiro atoms. The molecule has 0 radical (unpaired) electrons. The second kappa shape index (κ2) is 6.84. The lowest BCUT2D eigenvalue weighted by molar-refractivity contribution is 0.414. The molecule has 6 heteroatoms. The summed E-state index contributed by atoms with van der Waals surface area (Å²) in [5, 5.41) is 3.38. The average molecular weight is 275 g/mol. The fourth-order valence-corrected chi connectivity index (χ4v) is 3.58. The van der Waals surface area contributed by atoms with Crippen LogP contribution in [-0.4, -0.2) is 44.9 Å². The number of hydrogen-bond donors (Lipinski definition) is 2. The number of nitrogens with one attached hydrogen (secondary N) is 2. The molecule has 5 nitrogen and oxygen atoms in total. The zero-order valence-electron chi connectivity index (χ0n) is 11.0. The van der Waals surface area contributed by atoms with Crippen LogP contribution in [0.4, 0.5) is 0 Å². The van der Waals surface area contributed by atoms with Crippen LogP contribution in [0.3, 0.4) is 0 Å². The zero-order valence-corrected chi connectivity index (χ0v) is 11.8. The molecule has 0 amide bonds. The van der Waals surface area contributed by atoms with Crippen molar-refractivity contribution >= 4 is 10.2 Å². The first-order valence-electron chi connectivity index (χ1n) is 7.16. The van der Waals surface area contributed by atoms with Gasteiger partial charge in [0.25, 0.3) is 10.2 Å². The van der Waals surface area contributed by atoms with E-state index < -0.39 is 10.2 Å². The van der Waals surface area contributed by atoms with Gasteiger partial charge in [0.15, 0.2) is 0 Å². The largest absolute Gasteiger partial charge is 0.314 e. The summed E-state index contributed by atoms with van der Waals surface area (Å²) >= 11 is 0. The molecule has 1 saturated carbocycles. The Kier molecular flexibility index (Phi) is 5.41. The maximum atomic E-state index is 12.0. The van der Waals surface area contributed by atoms with Crippen LogP contribution < -0.4 is 10.0 Å². The molecule has 18 heavy (non-hydrogen) atoms. The van der Waals surface area contributed by atoms with Crippen molar-refractivity contribution in [2.45, 2.75) is 51.0 Å². The highest BCUT2D eigenvalue weighted by molar-refractivity contribution is 7.87. The minimum Gasteiger partial charge on any atom is -0.314 e. The van der Waals surface area contributed by atoms with Crippen molar-refractivity contribution in [3.8, 4) is 0 Å². The van der Waals surface area contributed by atoms with Gasteiger partial charge in [-0.25, -0.2) is 4.72 Å². The third-order valence-corrected chi connectivity index (χ3v) is 5.17. The molecule has 2 fully saturated rings. The first kappa shape index (κ1) is 14.2. The van der Waals surface area contributed by atoms with Crippen molar-refractivity contribution in [3.05, 3.63) is 0 Å². The molecule has 0 aromatic rings. The second-order valence-electron chi connectivity index (χ2n) is 5.29. The summed E-state index contributed by atoms with van der Waals surface area (Å²) in [5.41, 5.74) is 0. The highest BCUT2D eigenvalue weighted by atomic mass is 32.2. The van der Waals surface area contributed by atoms with E-state index in [-0.39, 0.29) is 0 Å². The van der Waals surface area contributed by atoms with Gasteiger partial charge in [-0.05, 0) is 38.6 Å². The van der Waals surface area contributed by atoms with Crippen molar-refractivity contribution in [2.24, 2.45) is 0 Å². The molecule has 0 atom stereocenters. The van der Waals surface area contributed by atoms with Gasteiger partial charge in [0.2, 0.25) is 0 Å². The van der Waals surface area contributed by atoms with Crippen molar-refractivity contribution in [3.63, 3.8) is 0 Å². The molecule has 0 aromatic carbocycles. The van der Waals surface area contributed by atoms with Crippen molar-refractivity contribution in [2.75, 3.05) is 26.2 Å². The Balaban J connectivity index is 1.64. The summed E-state index contributed by atoms with van der Waals surface area (Å²) in [7, 11) is -3.24. The van der Waals surface area contributed by atoms with Crippen molar-refractivity contribution < 1.29 is 8.42 Å². The maximum absolute atomic E-state index is 12.0. The molecule has 0 bridgehead atoms. The summed E-state index contributed by atoms with van der Waals surface area (Å²) in [4.78, 5) is 0. The van der Waals surface area contributed by atoms with Gasteiger partial charge in [0.05, 0.1) is 0 Å². The van der Waals surface area contributed by atoms with Crippen molar-refractivity contribution in [1.82, 2.24) is 14.3 Å². The summed E-state index contributed by atoms with van der Waals surface area (Å²) in [6.07, 6.45) is 7.70. The lowest BCUT2D eigenvalue weighted by Gasteiger charge is -2.20. The van der Waals surface area contributed by atoms with Gasteiger partial charge in [-0.15, -0.1) is 0 Å². The van der Waals surface area contributed by atoms with E-state index in [1.165, 1.54) is 12.8 Å². The van der Waals surface area contributed by atoms with Gasteiger partial charge in [0.1, 0.15) is 0 Å². The lowest BCUT2D eigenvalue weighted by atomic mass is 10.2. The quantitative estimate of drug-likeness (QED) is 0.677. The van der Waals surface area contributed by atoms with Gasteiger partial charge in [-0.2, -0.15) is 12.7 Å².